The summed E-state index contributed by atoms with van der Waals surface area (Å²) >= 11 is 12.5. The van der Waals surface area contributed by atoms with Crippen LogP contribution in [0.15, 0.2) is 67.0 Å². The molecule has 3 aromatic carbocycles. The van der Waals surface area contributed by atoms with Gasteiger partial charge in [0.05, 0.1) is 22.6 Å². The normalized spacial score (nSPS) is 11.4. The highest BCUT2D eigenvalue weighted by atomic mass is 35.5. The van der Waals surface area contributed by atoms with Gasteiger partial charge in [-0.2, -0.15) is 5.26 Å². The lowest BCUT2D eigenvalue weighted by molar-refractivity contribution is -0.383. The number of aromatic nitrogens is 2. The summed E-state index contributed by atoms with van der Waals surface area (Å²) in [6, 6.07) is 18.2. The van der Waals surface area contributed by atoms with E-state index >= 15 is 0 Å². The molecule has 1 atom stereocenters. The van der Waals surface area contributed by atoms with Gasteiger partial charge in [-0.15, -0.1) is 0 Å². The third-order valence-corrected chi connectivity index (χ3v) is 5.95. The van der Waals surface area contributed by atoms with E-state index in [-0.39, 0.29) is 22.3 Å². The molecular formula is C25H17Cl2FN6O2. The first kappa shape index (κ1) is 24.9. The van der Waals surface area contributed by atoms with Crippen molar-refractivity contribution in [2.75, 3.05) is 10.6 Å². The minimum absolute atomic E-state index is 0.0265. The molecule has 0 aliphatic carbocycles. The summed E-state index contributed by atoms with van der Waals surface area (Å²) in [5.41, 5.74) is 1.95. The standard InChI is InChI=1S/C25H17Cl2FN6O2/c1-14-10-17(18(12-29)15-6-8-16(26)9-7-15)19(27)11-22(14)33-25-23(34(35)36)24(30-13-31-25)32-21-5-3-2-4-20(21)28/h2-11,13,18H,1H3,(H2,30,31,32,33). The van der Waals surface area contributed by atoms with E-state index in [4.69, 9.17) is 23.2 Å². The largest absolute Gasteiger partial charge is 0.353 e. The van der Waals surface area contributed by atoms with Crippen molar-refractivity contribution in [2.24, 2.45) is 0 Å². The minimum atomic E-state index is -0.664. The molecule has 4 rings (SSSR count). The lowest BCUT2D eigenvalue weighted by Crippen LogP contribution is -2.07. The highest BCUT2D eigenvalue weighted by molar-refractivity contribution is 6.32. The second kappa shape index (κ2) is 10.6. The summed E-state index contributed by atoms with van der Waals surface area (Å²) in [6.45, 7) is 1.77. The Labute approximate surface area is 215 Å². The van der Waals surface area contributed by atoms with E-state index in [9.17, 15) is 19.8 Å². The quantitative estimate of drug-likeness (QED) is 0.193. The van der Waals surface area contributed by atoms with E-state index in [1.807, 2.05) is 0 Å². The van der Waals surface area contributed by atoms with Gasteiger partial charge in [0.15, 0.2) is 0 Å². The number of para-hydroxylation sites is 1. The number of nitriles is 1. The lowest BCUT2D eigenvalue weighted by atomic mass is 9.91. The number of anilines is 4. The van der Waals surface area contributed by atoms with Crippen LogP contribution in [-0.2, 0) is 0 Å². The molecule has 4 aromatic rings. The number of halogens is 3. The Morgan fingerprint density at radius 1 is 1.03 bits per heavy atom. The molecule has 36 heavy (non-hydrogen) atoms. The number of nitro groups is 1. The monoisotopic (exact) mass is 522 g/mol. The second-order valence-electron chi connectivity index (χ2n) is 7.71. The van der Waals surface area contributed by atoms with Gasteiger partial charge < -0.3 is 10.6 Å². The zero-order chi connectivity index (χ0) is 25.8. The molecule has 180 valence electrons. The van der Waals surface area contributed by atoms with Crippen LogP contribution in [0.3, 0.4) is 0 Å². The van der Waals surface area contributed by atoms with Crippen LogP contribution in [0.25, 0.3) is 0 Å². The summed E-state index contributed by atoms with van der Waals surface area (Å²) in [4.78, 5) is 19.2. The Bertz CT molecular complexity index is 1490. The van der Waals surface area contributed by atoms with Crippen LogP contribution < -0.4 is 10.6 Å². The summed E-state index contributed by atoms with van der Waals surface area (Å²) < 4.78 is 14.1. The first-order chi connectivity index (χ1) is 17.3. The average Bonchev–Trinajstić information content (AvgIpc) is 2.85. The van der Waals surface area contributed by atoms with Gasteiger partial charge in [0.1, 0.15) is 12.1 Å². The maximum atomic E-state index is 14.1. The molecule has 2 N–H and O–H groups in total. The maximum absolute atomic E-state index is 14.1. The Kier molecular flexibility index (Phi) is 7.29. The highest BCUT2D eigenvalue weighted by Gasteiger charge is 2.25. The molecule has 0 fully saturated rings. The zero-order valence-corrected chi connectivity index (χ0v) is 20.2. The number of aryl methyl sites for hydroxylation is 1. The van der Waals surface area contributed by atoms with Gasteiger partial charge in [-0.1, -0.05) is 53.5 Å². The topological polar surface area (TPSA) is 117 Å². The second-order valence-corrected chi connectivity index (χ2v) is 8.55. The summed E-state index contributed by atoms with van der Waals surface area (Å²) in [5, 5.41) is 28.1. The fraction of sp³-hybridized carbons (Fsp3) is 0.0800. The number of hydrogen-bond donors (Lipinski definition) is 2. The molecule has 0 bridgehead atoms. The number of benzene rings is 3. The molecule has 1 unspecified atom stereocenters. The van der Waals surface area contributed by atoms with Gasteiger partial charge in [0.2, 0.25) is 11.6 Å². The van der Waals surface area contributed by atoms with Crippen LogP contribution in [0.2, 0.25) is 10.0 Å². The Morgan fingerprint density at radius 3 is 2.28 bits per heavy atom. The van der Waals surface area contributed by atoms with Crippen molar-refractivity contribution >= 4 is 51.9 Å². The highest BCUT2D eigenvalue weighted by Crippen LogP contribution is 2.38. The average molecular weight is 523 g/mol. The predicted molar refractivity (Wildman–Crippen MR) is 137 cm³/mol. The summed E-state index contributed by atoms with van der Waals surface area (Å²) in [7, 11) is 0. The van der Waals surface area contributed by atoms with Crippen LogP contribution in [0.4, 0.5) is 33.1 Å². The molecule has 0 aliphatic rings. The van der Waals surface area contributed by atoms with E-state index in [0.717, 1.165) is 11.9 Å². The van der Waals surface area contributed by atoms with E-state index in [1.54, 1.807) is 49.4 Å². The first-order valence-electron chi connectivity index (χ1n) is 10.5. The minimum Gasteiger partial charge on any atom is -0.334 e. The third-order valence-electron chi connectivity index (χ3n) is 5.37. The number of hydrogen-bond acceptors (Lipinski definition) is 7. The van der Waals surface area contributed by atoms with Crippen molar-refractivity contribution in [3.63, 3.8) is 0 Å². The van der Waals surface area contributed by atoms with Crippen molar-refractivity contribution in [2.45, 2.75) is 12.8 Å². The lowest BCUT2D eigenvalue weighted by Gasteiger charge is -2.17. The molecule has 0 amide bonds. The van der Waals surface area contributed by atoms with Crippen LogP contribution in [0.5, 0.6) is 0 Å². The molecule has 0 saturated carbocycles. The summed E-state index contributed by atoms with van der Waals surface area (Å²) in [5.74, 6) is -1.54. The molecule has 0 radical (unpaired) electrons. The number of rotatable bonds is 7. The van der Waals surface area contributed by atoms with E-state index < -0.39 is 22.3 Å². The maximum Gasteiger partial charge on any atom is 0.353 e. The van der Waals surface area contributed by atoms with Crippen molar-refractivity contribution in [3.8, 4) is 6.07 Å². The smallest absolute Gasteiger partial charge is 0.334 e. The van der Waals surface area contributed by atoms with Crippen molar-refractivity contribution in [3.05, 3.63) is 110 Å². The van der Waals surface area contributed by atoms with Crippen LogP contribution in [0.1, 0.15) is 22.6 Å². The zero-order valence-electron chi connectivity index (χ0n) is 18.7. The molecule has 1 aromatic heterocycles. The van der Waals surface area contributed by atoms with Crippen molar-refractivity contribution < 1.29 is 9.31 Å². The molecule has 1 heterocycles. The number of nitrogens with one attached hydrogen (secondary N) is 2. The van der Waals surface area contributed by atoms with E-state index in [0.29, 0.717) is 21.8 Å². The Hall–Kier alpha value is -4.26. The van der Waals surface area contributed by atoms with E-state index in [2.05, 4.69) is 26.7 Å². The molecule has 0 saturated heterocycles. The van der Waals surface area contributed by atoms with Gasteiger partial charge in [-0.25, -0.2) is 14.4 Å². The molecule has 11 heteroatoms. The molecule has 0 spiro atoms. The van der Waals surface area contributed by atoms with Gasteiger partial charge in [0.25, 0.3) is 0 Å². The SMILES string of the molecule is Cc1cc(C(C#N)c2ccc(Cl)cc2)c(Cl)cc1Nc1ncnc(Nc2ccccc2F)c1[N+](=O)[O-]. The first-order valence-corrected chi connectivity index (χ1v) is 11.3. The van der Waals surface area contributed by atoms with Crippen molar-refractivity contribution in [1.29, 1.82) is 5.26 Å². The van der Waals surface area contributed by atoms with E-state index in [1.165, 1.54) is 18.2 Å². The molecule has 0 aliphatic heterocycles. The predicted octanol–water partition coefficient (Wildman–Crippen LogP) is 7.28. The van der Waals surface area contributed by atoms with Crippen LogP contribution in [0, 0.1) is 34.2 Å². The fourth-order valence-corrected chi connectivity index (χ4v) is 3.99. The van der Waals surface area contributed by atoms with Gasteiger partial charge in [-0.05, 0) is 53.9 Å². The van der Waals surface area contributed by atoms with Gasteiger partial charge in [-0.3, -0.25) is 10.1 Å². The van der Waals surface area contributed by atoms with Crippen molar-refractivity contribution in [1.82, 2.24) is 9.97 Å². The van der Waals surface area contributed by atoms with Crippen LogP contribution >= 0.6 is 23.2 Å². The summed E-state index contributed by atoms with van der Waals surface area (Å²) in [6.07, 6.45) is 1.12. The van der Waals surface area contributed by atoms with Crippen LogP contribution in [-0.4, -0.2) is 14.9 Å². The Balaban J connectivity index is 1.70. The Morgan fingerprint density at radius 2 is 1.67 bits per heavy atom. The third kappa shape index (κ3) is 5.20. The molecule has 8 nitrogen and oxygen atoms in total. The van der Waals surface area contributed by atoms with Gasteiger partial charge in [0, 0.05) is 15.7 Å². The molecular weight excluding hydrogens is 506 g/mol. The van der Waals surface area contributed by atoms with Gasteiger partial charge >= 0.3 is 5.69 Å². The number of nitrogens with zero attached hydrogens (tertiary/aromatic N) is 4. The fourth-order valence-electron chi connectivity index (χ4n) is 3.59.